The van der Waals surface area contributed by atoms with E-state index in [4.69, 9.17) is 5.73 Å². The molecule has 0 radical (unpaired) electrons. The van der Waals surface area contributed by atoms with Crippen molar-refractivity contribution in [3.63, 3.8) is 0 Å². The molecule has 20 heavy (non-hydrogen) atoms. The first-order chi connectivity index (χ1) is 9.45. The monoisotopic (exact) mass is 280 g/mol. The maximum atomic E-state index is 6.36. The number of nitrogens with two attached hydrogens (primary N) is 1. The molecular weight excluding hydrogens is 244 g/mol. The molecule has 0 aromatic heterocycles. The first-order valence-electron chi connectivity index (χ1n) is 8.92. The zero-order chi connectivity index (χ0) is 14.8. The standard InChI is InChI=1S/C18H36N2/c1-5-8-16-9-6-7-12-20(16)18(14-19)11-10-17(3,4)13-15(18)2/h15-16H,5-14,19H2,1-4H3. The van der Waals surface area contributed by atoms with Gasteiger partial charge in [0.2, 0.25) is 0 Å². The van der Waals surface area contributed by atoms with E-state index < -0.39 is 0 Å². The van der Waals surface area contributed by atoms with Crippen LogP contribution in [0.1, 0.15) is 79.1 Å². The van der Waals surface area contributed by atoms with E-state index >= 15 is 0 Å². The van der Waals surface area contributed by atoms with Crippen molar-refractivity contribution in [2.75, 3.05) is 13.1 Å². The fourth-order valence-electron chi connectivity index (χ4n) is 4.99. The molecule has 2 aliphatic rings. The third-order valence-corrected chi connectivity index (χ3v) is 6.19. The molecule has 2 heteroatoms. The van der Waals surface area contributed by atoms with Gasteiger partial charge in [-0.05, 0) is 56.4 Å². The second kappa shape index (κ2) is 6.36. The van der Waals surface area contributed by atoms with Crippen LogP contribution in [0.15, 0.2) is 0 Å². The van der Waals surface area contributed by atoms with E-state index in [9.17, 15) is 0 Å². The Balaban J connectivity index is 2.20. The van der Waals surface area contributed by atoms with E-state index in [0.717, 1.165) is 18.5 Å². The molecule has 0 bridgehead atoms. The first-order valence-corrected chi connectivity index (χ1v) is 8.92. The van der Waals surface area contributed by atoms with Crippen molar-refractivity contribution in [1.82, 2.24) is 4.90 Å². The summed E-state index contributed by atoms with van der Waals surface area (Å²) in [6, 6.07) is 0.793. The number of nitrogens with zero attached hydrogens (tertiary/aromatic N) is 1. The van der Waals surface area contributed by atoms with Gasteiger partial charge >= 0.3 is 0 Å². The van der Waals surface area contributed by atoms with Gasteiger partial charge in [0.25, 0.3) is 0 Å². The Hall–Kier alpha value is -0.0800. The highest BCUT2D eigenvalue weighted by Gasteiger charge is 2.48. The Labute approximate surface area is 126 Å². The summed E-state index contributed by atoms with van der Waals surface area (Å²) >= 11 is 0. The van der Waals surface area contributed by atoms with Gasteiger partial charge in [0.05, 0.1) is 0 Å². The van der Waals surface area contributed by atoms with Crippen LogP contribution >= 0.6 is 0 Å². The summed E-state index contributed by atoms with van der Waals surface area (Å²) < 4.78 is 0. The fourth-order valence-corrected chi connectivity index (χ4v) is 4.99. The zero-order valence-corrected chi connectivity index (χ0v) is 14.3. The molecule has 0 spiro atoms. The number of piperidine rings is 1. The van der Waals surface area contributed by atoms with Crippen LogP contribution in [0.3, 0.4) is 0 Å². The third-order valence-electron chi connectivity index (χ3n) is 6.19. The van der Waals surface area contributed by atoms with Gasteiger partial charge in [-0.25, -0.2) is 0 Å². The van der Waals surface area contributed by atoms with Crippen LogP contribution in [0.5, 0.6) is 0 Å². The summed E-state index contributed by atoms with van der Waals surface area (Å²) in [7, 11) is 0. The van der Waals surface area contributed by atoms with Crippen LogP contribution in [0.25, 0.3) is 0 Å². The van der Waals surface area contributed by atoms with E-state index in [1.54, 1.807) is 0 Å². The predicted octanol–water partition coefficient (Wildman–Crippen LogP) is 4.18. The highest BCUT2D eigenvalue weighted by Crippen LogP contribution is 2.48. The van der Waals surface area contributed by atoms with E-state index in [-0.39, 0.29) is 5.54 Å². The van der Waals surface area contributed by atoms with Gasteiger partial charge < -0.3 is 5.73 Å². The SMILES string of the molecule is CCCC1CCCCN1C1(CN)CCC(C)(C)CC1C. The molecular formula is C18H36N2. The van der Waals surface area contributed by atoms with Crippen molar-refractivity contribution in [3.05, 3.63) is 0 Å². The zero-order valence-electron chi connectivity index (χ0n) is 14.3. The summed E-state index contributed by atoms with van der Waals surface area (Å²) in [5.74, 6) is 0.730. The van der Waals surface area contributed by atoms with Crippen LogP contribution in [-0.2, 0) is 0 Å². The molecule has 118 valence electrons. The highest BCUT2D eigenvalue weighted by atomic mass is 15.2. The normalized spacial score (nSPS) is 38.9. The molecule has 2 fully saturated rings. The number of rotatable bonds is 4. The van der Waals surface area contributed by atoms with E-state index in [1.165, 1.54) is 57.9 Å². The molecule has 0 aromatic rings. The molecule has 1 aliphatic heterocycles. The summed E-state index contributed by atoms with van der Waals surface area (Å²) in [4.78, 5) is 2.86. The highest BCUT2D eigenvalue weighted by molar-refractivity contribution is 5.04. The largest absolute Gasteiger partial charge is 0.329 e. The van der Waals surface area contributed by atoms with Crippen LogP contribution < -0.4 is 5.73 Å². The molecule has 1 saturated heterocycles. The van der Waals surface area contributed by atoms with Crippen molar-refractivity contribution in [2.24, 2.45) is 17.1 Å². The van der Waals surface area contributed by atoms with Gasteiger partial charge in [0.15, 0.2) is 0 Å². The summed E-state index contributed by atoms with van der Waals surface area (Å²) in [5, 5.41) is 0. The average molecular weight is 280 g/mol. The van der Waals surface area contributed by atoms with Crippen LogP contribution in [0.2, 0.25) is 0 Å². The molecule has 2 rings (SSSR count). The van der Waals surface area contributed by atoms with Gasteiger partial charge in [0, 0.05) is 18.1 Å². The van der Waals surface area contributed by atoms with E-state index in [1.807, 2.05) is 0 Å². The van der Waals surface area contributed by atoms with Crippen molar-refractivity contribution in [1.29, 1.82) is 0 Å². The molecule has 3 unspecified atom stereocenters. The maximum Gasteiger partial charge on any atom is 0.0360 e. The second-order valence-electron chi connectivity index (χ2n) is 8.21. The quantitative estimate of drug-likeness (QED) is 0.837. The maximum absolute atomic E-state index is 6.36. The molecule has 1 aliphatic carbocycles. The number of hydrogen-bond acceptors (Lipinski definition) is 2. The molecule has 1 saturated carbocycles. The molecule has 2 N–H and O–H groups in total. The minimum Gasteiger partial charge on any atom is -0.329 e. The molecule has 3 atom stereocenters. The number of hydrogen-bond donors (Lipinski definition) is 1. The Morgan fingerprint density at radius 2 is 1.95 bits per heavy atom. The smallest absolute Gasteiger partial charge is 0.0360 e. The van der Waals surface area contributed by atoms with Crippen molar-refractivity contribution in [2.45, 2.75) is 90.6 Å². The Morgan fingerprint density at radius 1 is 1.20 bits per heavy atom. The van der Waals surface area contributed by atoms with Gasteiger partial charge in [-0.1, -0.05) is 40.5 Å². The summed E-state index contributed by atoms with van der Waals surface area (Å²) in [6.45, 7) is 11.8. The lowest BCUT2D eigenvalue weighted by molar-refractivity contribution is -0.0616. The average Bonchev–Trinajstić information content (AvgIpc) is 2.40. The minimum absolute atomic E-state index is 0.287. The van der Waals surface area contributed by atoms with E-state index in [0.29, 0.717) is 5.41 Å². The minimum atomic E-state index is 0.287. The molecule has 0 aromatic carbocycles. The fraction of sp³-hybridized carbons (Fsp3) is 1.00. The Kier molecular flexibility index (Phi) is 5.18. The Bertz CT molecular complexity index is 311. The number of likely N-dealkylation sites (tertiary alicyclic amines) is 1. The van der Waals surface area contributed by atoms with Gasteiger partial charge in [-0.15, -0.1) is 0 Å². The molecule has 1 heterocycles. The summed E-state index contributed by atoms with van der Waals surface area (Å²) in [6.07, 6.45) is 10.8. The lowest BCUT2D eigenvalue weighted by Crippen LogP contribution is -2.64. The molecule has 0 amide bonds. The van der Waals surface area contributed by atoms with Gasteiger partial charge in [0.1, 0.15) is 0 Å². The topological polar surface area (TPSA) is 29.3 Å². The van der Waals surface area contributed by atoms with Crippen molar-refractivity contribution >= 4 is 0 Å². The first kappa shape index (κ1) is 16.3. The third kappa shape index (κ3) is 3.06. The lowest BCUT2D eigenvalue weighted by Gasteiger charge is -2.57. The van der Waals surface area contributed by atoms with Gasteiger partial charge in [-0.2, -0.15) is 0 Å². The van der Waals surface area contributed by atoms with E-state index in [2.05, 4.69) is 32.6 Å². The van der Waals surface area contributed by atoms with Crippen LogP contribution in [0, 0.1) is 11.3 Å². The van der Waals surface area contributed by atoms with Gasteiger partial charge in [-0.3, -0.25) is 4.90 Å². The van der Waals surface area contributed by atoms with Crippen LogP contribution in [0.4, 0.5) is 0 Å². The van der Waals surface area contributed by atoms with Crippen LogP contribution in [-0.4, -0.2) is 29.6 Å². The second-order valence-corrected chi connectivity index (χ2v) is 8.21. The summed E-state index contributed by atoms with van der Waals surface area (Å²) in [5.41, 5.74) is 7.16. The van der Waals surface area contributed by atoms with Crippen molar-refractivity contribution in [3.8, 4) is 0 Å². The molecule has 2 nitrogen and oxygen atoms in total. The van der Waals surface area contributed by atoms with Crippen molar-refractivity contribution < 1.29 is 0 Å². The Morgan fingerprint density at radius 3 is 2.55 bits per heavy atom. The predicted molar refractivity (Wildman–Crippen MR) is 87.8 cm³/mol. The lowest BCUT2D eigenvalue weighted by atomic mass is 9.62.